The van der Waals surface area contributed by atoms with Gasteiger partial charge in [0.1, 0.15) is 11.5 Å². The fourth-order valence-corrected chi connectivity index (χ4v) is 5.01. The minimum atomic E-state index is -1.02. The van der Waals surface area contributed by atoms with Crippen LogP contribution in [0.1, 0.15) is 74.1 Å². The number of hydrogen-bond donors (Lipinski definition) is 1. The molecule has 1 unspecified atom stereocenters. The van der Waals surface area contributed by atoms with E-state index in [-0.39, 0.29) is 11.8 Å². The summed E-state index contributed by atoms with van der Waals surface area (Å²) < 4.78 is 8.23. The highest BCUT2D eigenvalue weighted by atomic mass is 16.5. The van der Waals surface area contributed by atoms with Crippen LogP contribution in [0.3, 0.4) is 0 Å². The zero-order chi connectivity index (χ0) is 22.9. The number of benzene rings is 2. The van der Waals surface area contributed by atoms with Crippen LogP contribution < -0.4 is 0 Å². The Morgan fingerprint density at radius 2 is 1.88 bits per heavy atom. The van der Waals surface area contributed by atoms with Crippen LogP contribution >= 0.6 is 0 Å². The molecule has 2 aromatic carbocycles. The van der Waals surface area contributed by atoms with Gasteiger partial charge in [0.25, 0.3) is 0 Å². The van der Waals surface area contributed by atoms with Crippen molar-refractivity contribution in [2.45, 2.75) is 58.1 Å². The number of ether oxygens (including phenoxy) is 1. The molecule has 0 amide bonds. The molecular weight excluding hydrogens is 414 g/mol. The van der Waals surface area contributed by atoms with Gasteiger partial charge in [0.2, 0.25) is 0 Å². The van der Waals surface area contributed by atoms with Crippen LogP contribution in [0, 0.1) is 0 Å². The van der Waals surface area contributed by atoms with Gasteiger partial charge >= 0.3 is 5.97 Å². The molecule has 0 bridgehead atoms. The van der Waals surface area contributed by atoms with Crippen molar-refractivity contribution in [2.75, 3.05) is 6.61 Å². The first-order chi connectivity index (χ1) is 16.0. The second-order valence-electron chi connectivity index (χ2n) is 8.85. The molecule has 5 rings (SSSR count). The highest BCUT2D eigenvalue weighted by molar-refractivity contribution is 5.91. The minimum Gasteiger partial charge on any atom is -0.477 e. The van der Waals surface area contributed by atoms with Crippen molar-refractivity contribution in [2.24, 2.45) is 0 Å². The third kappa shape index (κ3) is 4.11. The van der Waals surface area contributed by atoms with Gasteiger partial charge in [-0.3, -0.25) is 0 Å². The Kier molecular flexibility index (Phi) is 5.85. The molecule has 0 spiro atoms. The van der Waals surface area contributed by atoms with Crippen molar-refractivity contribution in [1.29, 1.82) is 0 Å². The number of carboxylic acid groups (broad SMARTS) is 1. The summed E-state index contributed by atoms with van der Waals surface area (Å²) in [5.74, 6) is -0.0560. The number of hydrogen-bond acceptors (Lipinski definition) is 4. The summed E-state index contributed by atoms with van der Waals surface area (Å²) in [6.07, 6.45) is 6.12. The van der Waals surface area contributed by atoms with Crippen LogP contribution in [-0.4, -0.2) is 32.2 Å². The number of rotatable bonds is 6. The normalized spacial score (nSPS) is 15.8. The monoisotopic (exact) mass is 443 g/mol. The highest BCUT2D eigenvalue weighted by Crippen LogP contribution is 2.37. The van der Waals surface area contributed by atoms with Crippen LogP contribution in [0.25, 0.3) is 33.3 Å². The SMILES string of the molecule is CCOC(C)c1ccc2c(c1)nc(-c1ccc3nc(C(=O)O)ccc3c1)n2C1CCCCC1. The first kappa shape index (κ1) is 21.6. The van der Waals surface area contributed by atoms with E-state index in [9.17, 15) is 9.90 Å². The van der Waals surface area contributed by atoms with E-state index in [4.69, 9.17) is 9.72 Å². The molecule has 170 valence electrons. The van der Waals surface area contributed by atoms with Gasteiger partial charge in [-0.15, -0.1) is 0 Å². The fourth-order valence-electron chi connectivity index (χ4n) is 5.01. The third-order valence-corrected chi connectivity index (χ3v) is 6.71. The second-order valence-corrected chi connectivity index (χ2v) is 8.85. The predicted molar refractivity (Wildman–Crippen MR) is 130 cm³/mol. The quantitative estimate of drug-likeness (QED) is 0.365. The van der Waals surface area contributed by atoms with Crippen molar-refractivity contribution >= 4 is 27.9 Å². The van der Waals surface area contributed by atoms with Crippen molar-refractivity contribution in [1.82, 2.24) is 14.5 Å². The van der Waals surface area contributed by atoms with E-state index in [2.05, 4.69) is 40.7 Å². The van der Waals surface area contributed by atoms with Gasteiger partial charge < -0.3 is 14.4 Å². The van der Waals surface area contributed by atoms with Gasteiger partial charge in [-0.05, 0) is 68.7 Å². The lowest BCUT2D eigenvalue weighted by Crippen LogP contribution is -2.14. The van der Waals surface area contributed by atoms with Crippen LogP contribution in [-0.2, 0) is 4.74 Å². The molecule has 6 heteroatoms. The lowest BCUT2D eigenvalue weighted by atomic mass is 9.94. The molecule has 4 aromatic rings. The van der Waals surface area contributed by atoms with Crippen LogP contribution in [0.2, 0.25) is 0 Å². The smallest absolute Gasteiger partial charge is 0.354 e. The maximum Gasteiger partial charge on any atom is 0.354 e. The van der Waals surface area contributed by atoms with E-state index in [0.717, 1.165) is 46.2 Å². The number of aromatic nitrogens is 3. The van der Waals surface area contributed by atoms with Crippen LogP contribution in [0.5, 0.6) is 0 Å². The average molecular weight is 444 g/mol. The molecule has 1 aliphatic rings. The van der Waals surface area contributed by atoms with E-state index in [1.165, 1.54) is 19.3 Å². The summed E-state index contributed by atoms with van der Waals surface area (Å²) in [6.45, 7) is 4.76. The Hall–Kier alpha value is -3.25. The van der Waals surface area contributed by atoms with Gasteiger partial charge in [0.15, 0.2) is 0 Å². The molecule has 33 heavy (non-hydrogen) atoms. The van der Waals surface area contributed by atoms with Gasteiger partial charge in [0, 0.05) is 23.6 Å². The molecule has 1 aliphatic carbocycles. The summed E-state index contributed by atoms with van der Waals surface area (Å²) in [5, 5.41) is 10.2. The Labute approximate surface area is 193 Å². The van der Waals surface area contributed by atoms with E-state index in [0.29, 0.717) is 18.2 Å². The molecule has 1 atom stereocenters. The summed E-state index contributed by atoms with van der Waals surface area (Å²) in [4.78, 5) is 20.7. The summed E-state index contributed by atoms with van der Waals surface area (Å²) >= 11 is 0. The Balaban J connectivity index is 1.65. The Morgan fingerprint density at radius 1 is 1.06 bits per heavy atom. The van der Waals surface area contributed by atoms with Crippen molar-refractivity contribution in [3.05, 3.63) is 59.8 Å². The maximum atomic E-state index is 11.3. The molecule has 0 radical (unpaired) electrons. The van der Waals surface area contributed by atoms with E-state index >= 15 is 0 Å². The predicted octanol–water partition coefficient (Wildman–Crippen LogP) is 6.55. The van der Waals surface area contributed by atoms with Crippen molar-refractivity contribution in [3.8, 4) is 11.4 Å². The second kappa shape index (κ2) is 8.94. The molecular formula is C27H29N3O3. The zero-order valence-corrected chi connectivity index (χ0v) is 19.1. The number of fused-ring (bicyclic) bond motifs is 2. The lowest BCUT2D eigenvalue weighted by molar-refractivity contribution is 0.0690. The molecule has 0 aliphatic heterocycles. The highest BCUT2D eigenvalue weighted by Gasteiger charge is 2.23. The molecule has 6 nitrogen and oxygen atoms in total. The maximum absolute atomic E-state index is 11.3. The standard InChI is InChI=1S/C27H29N3O3/c1-3-33-17(2)18-11-14-25-24(16-18)29-26(30(25)21-7-5-4-6-8-21)20-10-12-22-19(15-20)9-13-23(28-22)27(31)32/h9-17,21H,3-8H2,1-2H3,(H,31,32). The Bertz CT molecular complexity index is 1320. The topological polar surface area (TPSA) is 77.2 Å². The van der Waals surface area contributed by atoms with Crippen molar-refractivity contribution < 1.29 is 14.6 Å². The number of carboxylic acids is 1. The number of aromatic carboxylic acids is 1. The minimum absolute atomic E-state index is 0.0258. The van der Waals surface area contributed by atoms with Gasteiger partial charge in [-0.2, -0.15) is 0 Å². The molecule has 2 heterocycles. The molecule has 0 saturated heterocycles. The van der Waals surface area contributed by atoms with Crippen LogP contribution in [0.15, 0.2) is 48.5 Å². The summed E-state index contributed by atoms with van der Waals surface area (Å²) in [5.41, 5.74) is 5.02. The first-order valence-corrected chi connectivity index (χ1v) is 11.8. The van der Waals surface area contributed by atoms with Gasteiger partial charge in [-0.1, -0.05) is 31.4 Å². The number of nitrogens with zero attached hydrogens (tertiary/aromatic N) is 3. The lowest BCUT2D eigenvalue weighted by Gasteiger charge is -2.26. The van der Waals surface area contributed by atoms with E-state index in [1.807, 2.05) is 25.1 Å². The van der Waals surface area contributed by atoms with Gasteiger partial charge in [-0.25, -0.2) is 14.8 Å². The fraction of sp³-hybridized carbons (Fsp3) is 0.370. The average Bonchev–Trinajstić information content (AvgIpc) is 3.22. The number of imidazole rings is 1. The molecule has 1 fully saturated rings. The summed E-state index contributed by atoms with van der Waals surface area (Å²) in [7, 11) is 0. The number of carbonyl (C=O) groups is 1. The largest absolute Gasteiger partial charge is 0.477 e. The van der Waals surface area contributed by atoms with E-state index in [1.54, 1.807) is 6.07 Å². The first-order valence-electron chi connectivity index (χ1n) is 11.8. The Morgan fingerprint density at radius 3 is 2.64 bits per heavy atom. The molecule has 2 aromatic heterocycles. The molecule has 1 N–H and O–H groups in total. The molecule has 1 saturated carbocycles. The summed E-state index contributed by atoms with van der Waals surface area (Å²) in [6, 6.07) is 16.3. The third-order valence-electron chi connectivity index (χ3n) is 6.71. The number of pyridine rings is 1. The zero-order valence-electron chi connectivity index (χ0n) is 19.1. The van der Waals surface area contributed by atoms with Gasteiger partial charge in [0.05, 0.1) is 22.7 Å². The van der Waals surface area contributed by atoms with Crippen LogP contribution in [0.4, 0.5) is 0 Å². The van der Waals surface area contributed by atoms with Crippen molar-refractivity contribution in [3.63, 3.8) is 0 Å². The van der Waals surface area contributed by atoms with E-state index < -0.39 is 5.97 Å².